The molecule has 0 atom stereocenters. The number of aryl methyl sites for hydroxylation is 1. The van der Waals surface area contributed by atoms with Crippen LogP contribution in [-0.4, -0.2) is 12.8 Å². The molecule has 0 fully saturated rings. The largest absolute Gasteiger partial charge is 0.316 e. The Labute approximate surface area is 79.6 Å². The molecule has 1 nitrogen and oxygen atoms in total. The zero-order valence-electron chi connectivity index (χ0n) is 7.43. The molecule has 1 rings (SSSR count). The normalized spacial score (nSPS) is 10.2. The van der Waals surface area contributed by atoms with Crippen LogP contribution in [0.1, 0.15) is 11.1 Å². The van der Waals surface area contributed by atoms with Gasteiger partial charge >= 0.3 is 0 Å². The van der Waals surface area contributed by atoms with Crippen molar-refractivity contribution in [2.24, 2.45) is 0 Å². The molecule has 66 valence electrons. The van der Waals surface area contributed by atoms with E-state index in [4.69, 9.17) is 0 Å². The van der Waals surface area contributed by atoms with Gasteiger partial charge in [-0.15, -0.1) is 0 Å². The maximum Gasteiger partial charge on any atom is 0.107 e. The van der Waals surface area contributed by atoms with Gasteiger partial charge in [0.2, 0.25) is 0 Å². The molecule has 0 unspecified atom stereocenters. The fourth-order valence-corrected chi connectivity index (χ4v) is 1.57. The number of nitrogens with one attached hydrogen (secondary N) is 1. The molecule has 0 aromatic heterocycles. The van der Waals surface area contributed by atoms with Crippen LogP contribution in [-0.2, 0) is 25.6 Å². The molecule has 0 spiro atoms. The van der Waals surface area contributed by atoms with Crippen molar-refractivity contribution >= 4 is 12.6 Å². The Kier molecular flexibility index (Phi) is 4.19. The summed E-state index contributed by atoms with van der Waals surface area (Å²) >= 11 is 3.50. The maximum absolute atomic E-state index is 3.50. The number of hydrogen-bond donors (Lipinski definition) is 1. The second-order valence-corrected chi connectivity index (χ2v) is 3.30. The fourth-order valence-electron chi connectivity index (χ4n) is 1.30. The van der Waals surface area contributed by atoms with Crippen molar-refractivity contribution < 1.29 is 0 Å². The summed E-state index contributed by atoms with van der Waals surface area (Å²) in [5.41, 5.74) is 2.83. The minimum absolute atomic E-state index is 0.961. The second-order valence-electron chi connectivity index (χ2n) is 2.80. The van der Waals surface area contributed by atoms with E-state index in [2.05, 4.69) is 42.2 Å². The van der Waals surface area contributed by atoms with E-state index in [9.17, 15) is 0 Å². The standard InChI is InChI=1S/C10H15NS/c1-11-8-10-5-3-2-4-9(10)6-7-12/h2-5,11-12H,6-8H2,1H3/p+1. The van der Waals surface area contributed by atoms with Crippen LogP contribution in [0.25, 0.3) is 0 Å². The lowest BCUT2D eigenvalue weighted by molar-refractivity contribution is 0.806. The van der Waals surface area contributed by atoms with Gasteiger partial charge in [0.1, 0.15) is 5.75 Å². The highest BCUT2D eigenvalue weighted by molar-refractivity contribution is 7.58. The molecule has 0 heterocycles. The van der Waals surface area contributed by atoms with Crippen LogP contribution in [0.15, 0.2) is 24.3 Å². The Bertz CT molecular complexity index is 210. The zero-order valence-corrected chi connectivity index (χ0v) is 8.43. The minimum atomic E-state index is 0.961. The van der Waals surface area contributed by atoms with Gasteiger partial charge in [-0.25, -0.2) is 0 Å². The van der Waals surface area contributed by atoms with E-state index in [0.717, 1.165) is 18.7 Å². The third-order valence-electron chi connectivity index (χ3n) is 1.88. The van der Waals surface area contributed by atoms with E-state index in [0.29, 0.717) is 0 Å². The van der Waals surface area contributed by atoms with Crippen molar-refractivity contribution in [1.29, 1.82) is 0 Å². The molecule has 0 amide bonds. The number of hydrogen-bond acceptors (Lipinski definition) is 1. The van der Waals surface area contributed by atoms with Gasteiger partial charge in [0.25, 0.3) is 0 Å². The first-order valence-corrected chi connectivity index (χ1v) is 4.95. The van der Waals surface area contributed by atoms with E-state index in [1.54, 1.807) is 0 Å². The molecule has 0 radical (unpaired) electrons. The highest BCUT2D eigenvalue weighted by Crippen LogP contribution is 2.08. The smallest absolute Gasteiger partial charge is 0.107 e. The van der Waals surface area contributed by atoms with E-state index in [-0.39, 0.29) is 0 Å². The molecule has 1 N–H and O–H groups in total. The molecular weight excluding hydrogens is 166 g/mol. The van der Waals surface area contributed by atoms with Crippen LogP contribution in [0.2, 0.25) is 0 Å². The van der Waals surface area contributed by atoms with E-state index in [1.807, 2.05) is 7.05 Å². The summed E-state index contributed by atoms with van der Waals surface area (Å²) in [5.74, 6) is 1.03. The van der Waals surface area contributed by atoms with Gasteiger partial charge in [-0.05, 0) is 30.8 Å². The van der Waals surface area contributed by atoms with Gasteiger partial charge in [-0.1, -0.05) is 24.3 Å². The topological polar surface area (TPSA) is 12.0 Å². The SMILES string of the molecule is CNCc1ccccc1CC[SH2+]. The van der Waals surface area contributed by atoms with Crippen LogP contribution in [0.5, 0.6) is 0 Å². The van der Waals surface area contributed by atoms with Gasteiger partial charge in [0.05, 0.1) is 0 Å². The number of benzene rings is 1. The maximum atomic E-state index is 3.50. The Hall–Kier alpha value is -0.470. The summed E-state index contributed by atoms with van der Waals surface area (Å²) in [4.78, 5) is 0. The van der Waals surface area contributed by atoms with Gasteiger partial charge in [-0.2, -0.15) is 0 Å². The van der Waals surface area contributed by atoms with Crippen molar-refractivity contribution in [3.63, 3.8) is 0 Å². The summed E-state index contributed by atoms with van der Waals surface area (Å²) < 4.78 is 0. The third kappa shape index (κ3) is 2.54. The van der Waals surface area contributed by atoms with Gasteiger partial charge in [0.15, 0.2) is 0 Å². The average molecular weight is 182 g/mol. The lowest BCUT2D eigenvalue weighted by Crippen LogP contribution is -2.08. The van der Waals surface area contributed by atoms with Crippen LogP contribution in [0.4, 0.5) is 0 Å². The van der Waals surface area contributed by atoms with Crippen molar-refractivity contribution in [3.05, 3.63) is 35.4 Å². The van der Waals surface area contributed by atoms with E-state index in [1.165, 1.54) is 11.1 Å². The summed E-state index contributed by atoms with van der Waals surface area (Å²) in [6, 6.07) is 8.54. The first-order chi connectivity index (χ1) is 5.88. The Morgan fingerprint density at radius 2 is 1.92 bits per heavy atom. The molecule has 0 aliphatic carbocycles. The van der Waals surface area contributed by atoms with Gasteiger partial charge in [-0.3, -0.25) is 0 Å². The van der Waals surface area contributed by atoms with Gasteiger partial charge < -0.3 is 5.32 Å². The molecule has 12 heavy (non-hydrogen) atoms. The molecule has 0 saturated heterocycles. The molecule has 0 saturated carbocycles. The van der Waals surface area contributed by atoms with E-state index >= 15 is 0 Å². The summed E-state index contributed by atoms with van der Waals surface area (Å²) in [6.45, 7) is 0.961. The van der Waals surface area contributed by atoms with Gasteiger partial charge in [0, 0.05) is 13.0 Å². The first kappa shape index (κ1) is 9.62. The molecule has 2 heteroatoms. The predicted octanol–water partition coefficient (Wildman–Crippen LogP) is 0.960. The summed E-state index contributed by atoms with van der Waals surface area (Å²) in [7, 11) is 1.98. The van der Waals surface area contributed by atoms with Crippen LogP contribution < -0.4 is 5.32 Å². The van der Waals surface area contributed by atoms with Crippen molar-refractivity contribution in [2.75, 3.05) is 12.8 Å². The quantitative estimate of drug-likeness (QED) is 0.684. The zero-order chi connectivity index (χ0) is 8.81. The Morgan fingerprint density at radius 3 is 2.50 bits per heavy atom. The summed E-state index contributed by atoms with van der Waals surface area (Å²) in [6.07, 6.45) is 1.11. The highest BCUT2D eigenvalue weighted by Gasteiger charge is 1.99. The first-order valence-electron chi connectivity index (χ1n) is 4.24. The molecule has 0 aliphatic rings. The number of rotatable bonds is 4. The molecule has 1 aromatic rings. The Balaban J connectivity index is 2.77. The van der Waals surface area contributed by atoms with Crippen molar-refractivity contribution in [1.82, 2.24) is 5.32 Å². The third-order valence-corrected chi connectivity index (χ3v) is 2.13. The van der Waals surface area contributed by atoms with E-state index < -0.39 is 0 Å². The van der Waals surface area contributed by atoms with Crippen LogP contribution in [0.3, 0.4) is 0 Å². The highest BCUT2D eigenvalue weighted by atomic mass is 32.1. The molecule has 1 aromatic carbocycles. The fraction of sp³-hybridized carbons (Fsp3) is 0.400. The van der Waals surface area contributed by atoms with Crippen LogP contribution >= 0.6 is 0 Å². The average Bonchev–Trinajstić information content (AvgIpc) is 2.09. The predicted molar refractivity (Wildman–Crippen MR) is 57.9 cm³/mol. The van der Waals surface area contributed by atoms with Crippen molar-refractivity contribution in [2.45, 2.75) is 13.0 Å². The minimum Gasteiger partial charge on any atom is -0.316 e. The second kappa shape index (κ2) is 5.22. The summed E-state index contributed by atoms with van der Waals surface area (Å²) in [5, 5.41) is 3.17. The lowest BCUT2D eigenvalue weighted by atomic mass is 10.1. The monoisotopic (exact) mass is 182 g/mol. The molecular formula is C10H16NS+. The molecule has 0 bridgehead atoms. The lowest BCUT2D eigenvalue weighted by Gasteiger charge is -2.05. The van der Waals surface area contributed by atoms with Crippen molar-refractivity contribution in [3.8, 4) is 0 Å². The van der Waals surface area contributed by atoms with Crippen LogP contribution in [0, 0.1) is 0 Å². The Morgan fingerprint density at radius 1 is 1.25 bits per heavy atom. The molecule has 0 aliphatic heterocycles.